The fraction of sp³-hybridized carbons (Fsp3) is 0.381. The summed E-state index contributed by atoms with van der Waals surface area (Å²) in [5.41, 5.74) is 2.56. The minimum Gasteiger partial charge on any atom is -0.435 e. The normalized spacial score (nSPS) is 16.0. The van der Waals surface area contributed by atoms with E-state index in [1.165, 1.54) is 23.8 Å². The van der Waals surface area contributed by atoms with Crippen molar-refractivity contribution in [2.75, 3.05) is 32.8 Å². The summed E-state index contributed by atoms with van der Waals surface area (Å²) in [5, 5.41) is 2.93. The molecule has 1 atom stereocenters. The minimum atomic E-state index is -2.93. The zero-order valence-electron chi connectivity index (χ0n) is 15.7. The van der Waals surface area contributed by atoms with Crippen molar-refractivity contribution in [3.05, 3.63) is 65.2 Å². The standard InChI is InChI=1S/C21H24F2N2O3/c1-15-5-7-16(8-6-15)19(25-9-11-27-12-10-25)14-24-20(26)17-3-2-4-18(13-17)28-21(22)23/h2-8,13,19,21H,9-12,14H2,1H3,(H,24,26). The largest absolute Gasteiger partial charge is 0.435 e. The molecule has 5 nitrogen and oxygen atoms in total. The second kappa shape index (κ2) is 9.61. The van der Waals surface area contributed by atoms with E-state index in [0.717, 1.165) is 18.7 Å². The Morgan fingerprint density at radius 3 is 2.57 bits per heavy atom. The summed E-state index contributed by atoms with van der Waals surface area (Å²) >= 11 is 0. The molecule has 1 fully saturated rings. The van der Waals surface area contributed by atoms with Crippen molar-refractivity contribution in [1.82, 2.24) is 10.2 Å². The van der Waals surface area contributed by atoms with Gasteiger partial charge in [-0.05, 0) is 30.7 Å². The molecular formula is C21H24F2N2O3. The van der Waals surface area contributed by atoms with E-state index in [9.17, 15) is 13.6 Å². The first-order valence-electron chi connectivity index (χ1n) is 9.24. The Morgan fingerprint density at radius 2 is 1.89 bits per heavy atom. The van der Waals surface area contributed by atoms with Crippen molar-refractivity contribution in [2.45, 2.75) is 19.6 Å². The molecular weight excluding hydrogens is 366 g/mol. The van der Waals surface area contributed by atoms with Crippen molar-refractivity contribution < 1.29 is 23.0 Å². The number of hydrogen-bond acceptors (Lipinski definition) is 4. The van der Waals surface area contributed by atoms with Crippen LogP contribution in [0.1, 0.15) is 27.5 Å². The molecule has 1 unspecified atom stereocenters. The van der Waals surface area contributed by atoms with Gasteiger partial charge < -0.3 is 14.8 Å². The molecule has 1 saturated heterocycles. The summed E-state index contributed by atoms with van der Waals surface area (Å²) in [6, 6.07) is 14.1. The van der Waals surface area contributed by atoms with Gasteiger partial charge in [0.2, 0.25) is 0 Å². The van der Waals surface area contributed by atoms with E-state index < -0.39 is 6.61 Å². The Morgan fingerprint density at radius 1 is 1.18 bits per heavy atom. The Kier molecular flexibility index (Phi) is 6.95. The Bertz CT molecular complexity index is 777. The predicted molar refractivity (Wildman–Crippen MR) is 102 cm³/mol. The third-order valence-electron chi connectivity index (χ3n) is 4.73. The fourth-order valence-electron chi connectivity index (χ4n) is 3.24. The van der Waals surface area contributed by atoms with Gasteiger partial charge in [-0.15, -0.1) is 0 Å². The average Bonchev–Trinajstić information content (AvgIpc) is 2.70. The smallest absolute Gasteiger partial charge is 0.387 e. The van der Waals surface area contributed by atoms with Crippen LogP contribution in [0, 0.1) is 6.92 Å². The third-order valence-corrected chi connectivity index (χ3v) is 4.73. The lowest BCUT2D eigenvalue weighted by atomic mass is 10.0. The quantitative estimate of drug-likeness (QED) is 0.787. The number of hydrogen-bond donors (Lipinski definition) is 1. The Hall–Kier alpha value is -2.51. The van der Waals surface area contributed by atoms with Crippen LogP contribution >= 0.6 is 0 Å². The lowest BCUT2D eigenvalue weighted by Gasteiger charge is -2.35. The summed E-state index contributed by atoms with van der Waals surface area (Å²) in [6.45, 7) is 2.39. The van der Waals surface area contributed by atoms with E-state index in [0.29, 0.717) is 19.8 Å². The summed E-state index contributed by atoms with van der Waals surface area (Å²) in [6.07, 6.45) is 0. The number of nitrogens with zero attached hydrogens (tertiary/aromatic N) is 1. The lowest BCUT2D eigenvalue weighted by Crippen LogP contribution is -2.43. The number of aryl methyl sites for hydroxylation is 1. The highest BCUT2D eigenvalue weighted by molar-refractivity contribution is 5.94. The number of carbonyl (C=O) groups excluding carboxylic acids is 1. The molecule has 0 aliphatic carbocycles. The second-order valence-electron chi connectivity index (χ2n) is 6.69. The first-order chi connectivity index (χ1) is 13.5. The van der Waals surface area contributed by atoms with Gasteiger partial charge in [-0.2, -0.15) is 8.78 Å². The van der Waals surface area contributed by atoms with Gasteiger partial charge in [0, 0.05) is 25.2 Å². The number of ether oxygens (including phenoxy) is 2. The van der Waals surface area contributed by atoms with E-state index in [4.69, 9.17) is 4.74 Å². The zero-order chi connectivity index (χ0) is 19.9. The maximum atomic E-state index is 12.6. The van der Waals surface area contributed by atoms with Crippen molar-refractivity contribution in [1.29, 1.82) is 0 Å². The van der Waals surface area contributed by atoms with Gasteiger partial charge in [-0.25, -0.2) is 0 Å². The van der Waals surface area contributed by atoms with Gasteiger partial charge in [0.05, 0.1) is 19.3 Å². The van der Waals surface area contributed by atoms with Gasteiger partial charge in [0.15, 0.2) is 0 Å². The van der Waals surface area contributed by atoms with E-state index in [1.54, 1.807) is 6.07 Å². The van der Waals surface area contributed by atoms with Crippen molar-refractivity contribution in [3.63, 3.8) is 0 Å². The molecule has 0 radical (unpaired) electrons. The van der Waals surface area contributed by atoms with Crippen LogP contribution in [0.3, 0.4) is 0 Å². The maximum absolute atomic E-state index is 12.6. The highest BCUT2D eigenvalue weighted by Gasteiger charge is 2.23. The Labute approximate surface area is 163 Å². The number of morpholine rings is 1. The predicted octanol–water partition coefficient (Wildman–Crippen LogP) is 3.40. The van der Waals surface area contributed by atoms with Crippen LogP contribution in [-0.4, -0.2) is 50.3 Å². The number of benzene rings is 2. The molecule has 0 bridgehead atoms. The molecule has 150 valence electrons. The average molecular weight is 390 g/mol. The molecule has 0 spiro atoms. The van der Waals surface area contributed by atoms with Gasteiger partial charge >= 0.3 is 6.61 Å². The molecule has 0 aromatic heterocycles. The highest BCUT2D eigenvalue weighted by atomic mass is 19.3. The molecule has 0 saturated carbocycles. The minimum absolute atomic E-state index is 0.00828. The topological polar surface area (TPSA) is 50.8 Å². The first kappa shape index (κ1) is 20.2. The van der Waals surface area contributed by atoms with Crippen LogP contribution in [-0.2, 0) is 4.74 Å². The number of amides is 1. The number of carbonyl (C=O) groups is 1. The fourth-order valence-corrected chi connectivity index (χ4v) is 3.24. The summed E-state index contributed by atoms with van der Waals surface area (Å²) in [7, 11) is 0. The Balaban J connectivity index is 1.70. The SMILES string of the molecule is Cc1ccc(C(CNC(=O)c2cccc(OC(F)F)c2)N2CCOCC2)cc1. The molecule has 1 aliphatic rings. The van der Waals surface area contributed by atoms with Crippen LogP contribution < -0.4 is 10.1 Å². The first-order valence-corrected chi connectivity index (χ1v) is 9.24. The van der Waals surface area contributed by atoms with E-state index in [1.807, 2.05) is 6.92 Å². The van der Waals surface area contributed by atoms with Crippen LogP contribution in [0.15, 0.2) is 48.5 Å². The van der Waals surface area contributed by atoms with Gasteiger partial charge in [0.25, 0.3) is 5.91 Å². The second-order valence-corrected chi connectivity index (χ2v) is 6.69. The number of alkyl halides is 2. The summed E-state index contributed by atoms with van der Waals surface area (Å²) in [4.78, 5) is 14.8. The van der Waals surface area contributed by atoms with E-state index in [2.05, 4.69) is 39.2 Å². The van der Waals surface area contributed by atoms with E-state index >= 15 is 0 Å². The summed E-state index contributed by atoms with van der Waals surface area (Å²) < 4.78 is 34.6. The van der Waals surface area contributed by atoms with Gasteiger partial charge in [-0.1, -0.05) is 35.9 Å². The third kappa shape index (κ3) is 5.50. The van der Waals surface area contributed by atoms with Crippen LogP contribution in [0.4, 0.5) is 8.78 Å². The molecule has 1 aliphatic heterocycles. The van der Waals surface area contributed by atoms with Crippen LogP contribution in [0.25, 0.3) is 0 Å². The molecule has 2 aromatic rings. The molecule has 1 heterocycles. The zero-order valence-corrected chi connectivity index (χ0v) is 15.7. The summed E-state index contributed by atoms with van der Waals surface area (Å²) in [5.74, 6) is -0.365. The van der Waals surface area contributed by atoms with Gasteiger partial charge in [-0.3, -0.25) is 9.69 Å². The highest BCUT2D eigenvalue weighted by Crippen LogP contribution is 2.22. The molecule has 28 heavy (non-hydrogen) atoms. The van der Waals surface area contributed by atoms with Gasteiger partial charge in [0.1, 0.15) is 5.75 Å². The monoisotopic (exact) mass is 390 g/mol. The van der Waals surface area contributed by atoms with Crippen molar-refractivity contribution in [2.24, 2.45) is 0 Å². The molecule has 1 N–H and O–H groups in total. The van der Waals surface area contributed by atoms with Crippen LogP contribution in [0.2, 0.25) is 0 Å². The molecule has 3 rings (SSSR count). The molecule has 1 amide bonds. The molecule has 2 aromatic carbocycles. The number of nitrogens with one attached hydrogen (secondary N) is 1. The van der Waals surface area contributed by atoms with E-state index in [-0.39, 0.29) is 23.3 Å². The number of halogens is 2. The van der Waals surface area contributed by atoms with Crippen LogP contribution in [0.5, 0.6) is 5.75 Å². The lowest BCUT2D eigenvalue weighted by molar-refractivity contribution is -0.0498. The van der Waals surface area contributed by atoms with Crippen molar-refractivity contribution >= 4 is 5.91 Å². The number of rotatable bonds is 7. The molecule has 7 heteroatoms. The maximum Gasteiger partial charge on any atom is 0.387 e. The van der Waals surface area contributed by atoms with Crippen molar-refractivity contribution in [3.8, 4) is 5.75 Å².